The Hall–Kier alpha value is -2.12. The molecule has 0 bridgehead atoms. The number of ether oxygens (including phenoxy) is 2. The van der Waals surface area contributed by atoms with E-state index in [1.165, 1.54) is 13.8 Å². The summed E-state index contributed by atoms with van der Waals surface area (Å²) < 4.78 is 9.35. The van der Waals surface area contributed by atoms with Gasteiger partial charge in [-0.25, -0.2) is 0 Å². The number of aliphatic carboxylic acids is 2. The molecule has 1 rings (SSSR count). The van der Waals surface area contributed by atoms with Gasteiger partial charge in [-0.3, -0.25) is 19.2 Å². The fourth-order valence-electron chi connectivity index (χ4n) is 2.43. The van der Waals surface area contributed by atoms with Gasteiger partial charge < -0.3 is 19.7 Å². The maximum Gasteiger partial charge on any atom is 0.310 e. The minimum Gasteiger partial charge on any atom is -0.481 e. The Morgan fingerprint density at radius 1 is 0.750 bits per heavy atom. The Bertz CT molecular complexity index is 381. The van der Waals surface area contributed by atoms with Crippen molar-refractivity contribution in [2.45, 2.75) is 13.8 Å². The van der Waals surface area contributed by atoms with Crippen molar-refractivity contribution in [3.05, 3.63) is 0 Å². The Morgan fingerprint density at radius 3 is 1.25 bits per heavy atom. The molecule has 0 aromatic carbocycles. The van der Waals surface area contributed by atoms with Crippen LogP contribution in [0.5, 0.6) is 0 Å². The van der Waals surface area contributed by atoms with E-state index < -0.39 is 47.5 Å². The summed E-state index contributed by atoms with van der Waals surface area (Å²) in [6.45, 7) is 3.03. The number of rotatable bonds is 6. The fraction of sp³-hybridized carbons (Fsp3) is 0.667. The molecule has 0 aromatic rings. The number of hydrogen-bond donors (Lipinski definition) is 2. The molecule has 8 heteroatoms. The van der Waals surface area contributed by atoms with E-state index in [-0.39, 0.29) is 13.2 Å². The van der Waals surface area contributed by atoms with E-state index in [4.69, 9.17) is 10.2 Å². The Kier molecular flexibility index (Phi) is 5.06. The predicted octanol–water partition coefficient (Wildman–Crippen LogP) is -0.240. The van der Waals surface area contributed by atoms with Crippen molar-refractivity contribution in [1.82, 2.24) is 0 Å². The van der Waals surface area contributed by atoms with Crippen LogP contribution in [0.1, 0.15) is 13.8 Å². The van der Waals surface area contributed by atoms with E-state index in [1.54, 1.807) is 0 Å². The number of esters is 2. The van der Waals surface area contributed by atoms with E-state index in [2.05, 4.69) is 9.47 Å². The van der Waals surface area contributed by atoms with Crippen molar-refractivity contribution in [2.75, 3.05) is 13.2 Å². The first-order chi connectivity index (χ1) is 9.36. The fourth-order valence-corrected chi connectivity index (χ4v) is 2.43. The molecule has 2 N–H and O–H groups in total. The molecular weight excluding hydrogens is 272 g/mol. The number of carbonyl (C=O) groups excluding carboxylic acids is 2. The highest BCUT2D eigenvalue weighted by Gasteiger charge is 2.65. The van der Waals surface area contributed by atoms with Gasteiger partial charge in [0.2, 0.25) is 0 Å². The largest absolute Gasteiger partial charge is 0.481 e. The smallest absolute Gasteiger partial charge is 0.310 e. The van der Waals surface area contributed by atoms with E-state index >= 15 is 0 Å². The number of hydrogen-bond acceptors (Lipinski definition) is 6. The SMILES string of the molecule is CCOC(=O)C1C(C(=O)O)C(C(=O)OCC)C1C(=O)O. The second-order valence-corrected chi connectivity index (χ2v) is 4.28. The summed E-state index contributed by atoms with van der Waals surface area (Å²) in [6, 6.07) is 0. The molecule has 112 valence electrons. The minimum atomic E-state index is -1.44. The third kappa shape index (κ3) is 2.73. The molecule has 1 aliphatic carbocycles. The van der Waals surface area contributed by atoms with Gasteiger partial charge in [0.25, 0.3) is 0 Å². The molecular formula is C12H16O8. The normalized spacial score (nSPS) is 28.1. The quantitative estimate of drug-likeness (QED) is 0.641. The maximum atomic E-state index is 11.7. The van der Waals surface area contributed by atoms with Crippen molar-refractivity contribution >= 4 is 23.9 Å². The van der Waals surface area contributed by atoms with Gasteiger partial charge in [0.05, 0.1) is 36.9 Å². The lowest BCUT2D eigenvalue weighted by atomic mass is 9.56. The number of carboxylic acid groups (broad SMARTS) is 2. The highest BCUT2D eigenvalue weighted by atomic mass is 16.5. The van der Waals surface area contributed by atoms with Gasteiger partial charge in [0.1, 0.15) is 0 Å². The molecule has 0 aliphatic heterocycles. The molecule has 1 fully saturated rings. The van der Waals surface area contributed by atoms with Crippen molar-refractivity contribution in [2.24, 2.45) is 23.7 Å². The van der Waals surface area contributed by atoms with Gasteiger partial charge in [-0.05, 0) is 13.8 Å². The second kappa shape index (κ2) is 6.36. The summed E-state index contributed by atoms with van der Waals surface area (Å²) in [5, 5.41) is 18.2. The molecule has 0 heterocycles. The molecule has 8 nitrogen and oxygen atoms in total. The lowest BCUT2D eigenvalue weighted by Crippen LogP contribution is -2.60. The van der Waals surface area contributed by atoms with Gasteiger partial charge >= 0.3 is 23.9 Å². The van der Waals surface area contributed by atoms with Crippen molar-refractivity contribution in [1.29, 1.82) is 0 Å². The van der Waals surface area contributed by atoms with Gasteiger partial charge in [0.15, 0.2) is 0 Å². The number of carbonyl (C=O) groups is 4. The van der Waals surface area contributed by atoms with Gasteiger partial charge in [-0.15, -0.1) is 0 Å². The van der Waals surface area contributed by atoms with Crippen molar-refractivity contribution in [3.63, 3.8) is 0 Å². The molecule has 0 atom stereocenters. The Balaban J connectivity index is 3.05. The van der Waals surface area contributed by atoms with Crippen LogP contribution < -0.4 is 0 Å². The molecule has 0 radical (unpaired) electrons. The van der Waals surface area contributed by atoms with Crippen molar-refractivity contribution < 1.29 is 38.9 Å². The lowest BCUT2D eigenvalue weighted by Gasteiger charge is -2.43. The van der Waals surface area contributed by atoms with E-state index in [1.807, 2.05) is 0 Å². The van der Waals surface area contributed by atoms with Crippen LogP contribution in [0.3, 0.4) is 0 Å². The van der Waals surface area contributed by atoms with Crippen LogP contribution in [0.4, 0.5) is 0 Å². The van der Waals surface area contributed by atoms with Crippen molar-refractivity contribution in [3.8, 4) is 0 Å². The van der Waals surface area contributed by atoms with Crippen LogP contribution in [0.25, 0.3) is 0 Å². The first-order valence-electron chi connectivity index (χ1n) is 6.15. The minimum absolute atomic E-state index is 0.00190. The Labute approximate surface area is 114 Å². The summed E-state index contributed by atoms with van der Waals surface area (Å²) in [5.74, 6) is -10.3. The van der Waals surface area contributed by atoms with Gasteiger partial charge in [-0.1, -0.05) is 0 Å². The zero-order valence-corrected chi connectivity index (χ0v) is 11.1. The molecule has 20 heavy (non-hydrogen) atoms. The molecule has 1 aliphatic rings. The number of carboxylic acids is 2. The van der Waals surface area contributed by atoms with Crippen LogP contribution in [-0.4, -0.2) is 47.3 Å². The van der Waals surface area contributed by atoms with E-state index in [0.717, 1.165) is 0 Å². The average molecular weight is 288 g/mol. The standard InChI is InChI=1S/C12H16O8/c1-3-19-11(17)7-5(9(13)14)8(6(7)10(15)16)12(18)20-4-2/h5-8H,3-4H2,1-2H3,(H,13,14)(H,15,16). The summed E-state index contributed by atoms with van der Waals surface area (Å²) >= 11 is 0. The molecule has 0 saturated heterocycles. The zero-order chi connectivity index (χ0) is 15.4. The Morgan fingerprint density at radius 2 is 1.05 bits per heavy atom. The van der Waals surface area contributed by atoms with Crippen LogP contribution >= 0.6 is 0 Å². The average Bonchev–Trinajstić information content (AvgIpc) is 2.26. The summed E-state index contributed by atoms with van der Waals surface area (Å²) in [5.41, 5.74) is 0. The second-order valence-electron chi connectivity index (χ2n) is 4.28. The third-order valence-corrected chi connectivity index (χ3v) is 3.24. The lowest BCUT2D eigenvalue weighted by molar-refractivity contribution is -0.196. The van der Waals surface area contributed by atoms with Gasteiger partial charge in [0, 0.05) is 0 Å². The topological polar surface area (TPSA) is 127 Å². The third-order valence-electron chi connectivity index (χ3n) is 3.24. The highest BCUT2D eigenvalue weighted by Crippen LogP contribution is 2.48. The first-order valence-corrected chi connectivity index (χ1v) is 6.15. The highest BCUT2D eigenvalue weighted by molar-refractivity contribution is 5.96. The van der Waals surface area contributed by atoms with Crippen LogP contribution in [-0.2, 0) is 28.7 Å². The van der Waals surface area contributed by atoms with E-state index in [0.29, 0.717) is 0 Å². The van der Waals surface area contributed by atoms with Crippen LogP contribution in [0, 0.1) is 23.7 Å². The summed E-state index contributed by atoms with van der Waals surface area (Å²) in [4.78, 5) is 45.7. The molecule has 0 unspecified atom stereocenters. The van der Waals surface area contributed by atoms with Crippen LogP contribution in [0.15, 0.2) is 0 Å². The van der Waals surface area contributed by atoms with Crippen LogP contribution in [0.2, 0.25) is 0 Å². The molecule has 0 amide bonds. The zero-order valence-electron chi connectivity index (χ0n) is 11.1. The maximum absolute atomic E-state index is 11.7. The first kappa shape index (κ1) is 15.9. The van der Waals surface area contributed by atoms with E-state index in [9.17, 15) is 19.2 Å². The summed E-state index contributed by atoms with van der Waals surface area (Å²) in [6.07, 6.45) is 0. The molecule has 0 aromatic heterocycles. The predicted molar refractivity (Wildman–Crippen MR) is 62.5 cm³/mol. The summed E-state index contributed by atoms with van der Waals surface area (Å²) in [7, 11) is 0. The molecule has 0 spiro atoms. The van der Waals surface area contributed by atoms with Gasteiger partial charge in [-0.2, -0.15) is 0 Å². The molecule has 1 saturated carbocycles. The monoisotopic (exact) mass is 288 g/mol.